The minimum Gasteiger partial charge on any atom is -0.455 e. The zero-order valence-electron chi connectivity index (χ0n) is 18.1. The van der Waals surface area contributed by atoms with Gasteiger partial charge in [-0.3, -0.25) is 4.21 Å². The number of aryl methyl sites for hydroxylation is 1. The van der Waals surface area contributed by atoms with Crippen molar-refractivity contribution < 1.29 is 18.5 Å². The van der Waals surface area contributed by atoms with Gasteiger partial charge in [0.05, 0.1) is 41.3 Å². The molecule has 11 heteroatoms. The Morgan fingerprint density at radius 1 is 1.34 bits per heavy atom. The van der Waals surface area contributed by atoms with Crippen LogP contribution in [0, 0.1) is 0 Å². The van der Waals surface area contributed by atoms with Crippen molar-refractivity contribution >= 4 is 40.1 Å². The van der Waals surface area contributed by atoms with E-state index in [1.54, 1.807) is 5.38 Å². The Labute approximate surface area is 193 Å². The van der Waals surface area contributed by atoms with Crippen LogP contribution in [0.1, 0.15) is 42.2 Å². The van der Waals surface area contributed by atoms with Crippen molar-refractivity contribution in [1.82, 2.24) is 14.3 Å². The molecule has 3 aliphatic rings. The van der Waals surface area contributed by atoms with Crippen molar-refractivity contribution in [3.8, 4) is 0 Å². The Morgan fingerprint density at radius 2 is 2.16 bits per heavy atom. The lowest BCUT2D eigenvalue weighted by atomic mass is 10.1. The van der Waals surface area contributed by atoms with Crippen molar-refractivity contribution in [2.24, 2.45) is 0 Å². The van der Waals surface area contributed by atoms with Crippen LogP contribution in [0.5, 0.6) is 0 Å². The second-order valence-corrected chi connectivity index (χ2v) is 10.5. The summed E-state index contributed by atoms with van der Waals surface area (Å²) >= 11 is 1.23. The van der Waals surface area contributed by atoms with Crippen LogP contribution in [0.25, 0.3) is 0 Å². The molecule has 2 aromatic rings. The summed E-state index contributed by atoms with van der Waals surface area (Å²) in [6.07, 6.45) is 4.91. The Bertz CT molecular complexity index is 990. The number of hydrogen-bond donors (Lipinski definition) is 0. The maximum atomic E-state index is 12.8. The minimum absolute atomic E-state index is 0.195. The number of esters is 1. The van der Waals surface area contributed by atoms with E-state index in [4.69, 9.17) is 19.4 Å². The molecule has 172 valence electrons. The van der Waals surface area contributed by atoms with Crippen molar-refractivity contribution in [2.75, 3.05) is 48.4 Å². The maximum Gasteiger partial charge on any atom is 0.341 e. The monoisotopic (exact) mass is 477 g/mol. The fraction of sp³-hybridized carbons (Fsp3) is 0.619. The van der Waals surface area contributed by atoms with E-state index in [9.17, 15) is 9.00 Å². The van der Waals surface area contributed by atoms with Gasteiger partial charge in [0.25, 0.3) is 0 Å². The van der Waals surface area contributed by atoms with E-state index < -0.39 is 10.8 Å². The van der Waals surface area contributed by atoms with Gasteiger partial charge in [-0.15, -0.1) is 0 Å². The summed E-state index contributed by atoms with van der Waals surface area (Å²) in [6, 6.07) is 0.331. The number of fused-ring (bicyclic) bond motifs is 1. The van der Waals surface area contributed by atoms with Crippen LogP contribution in [0.2, 0.25) is 0 Å². The highest BCUT2D eigenvalue weighted by atomic mass is 32.2. The third-order valence-corrected chi connectivity index (χ3v) is 8.13. The first-order chi connectivity index (χ1) is 15.6. The van der Waals surface area contributed by atoms with Crippen molar-refractivity contribution in [2.45, 2.75) is 49.6 Å². The molecule has 0 radical (unpaired) electrons. The topological polar surface area (TPSA) is 97.8 Å². The lowest BCUT2D eigenvalue weighted by Crippen LogP contribution is -2.54. The molecule has 32 heavy (non-hydrogen) atoms. The van der Waals surface area contributed by atoms with Gasteiger partial charge in [0.1, 0.15) is 11.0 Å². The number of nitrogens with zero attached hydrogens (tertiary/aromatic N) is 5. The van der Waals surface area contributed by atoms with E-state index in [0.717, 1.165) is 55.4 Å². The molecule has 0 aliphatic carbocycles. The summed E-state index contributed by atoms with van der Waals surface area (Å²) in [6.45, 7) is 5.61. The minimum atomic E-state index is -1.07. The van der Waals surface area contributed by atoms with Gasteiger partial charge in [0, 0.05) is 43.4 Å². The second kappa shape index (κ2) is 9.40. The molecule has 0 aromatic carbocycles. The van der Waals surface area contributed by atoms with Gasteiger partial charge >= 0.3 is 5.97 Å². The molecule has 2 fully saturated rings. The van der Waals surface area contributed by atoms with Gasteiger partial charge in [-0.1, -0.05) is 6.92 Å². The number of carbonyl (C=O) groups is 1. The lowest BCUT2D eigenvalue weighted by Gasteiger charge is -2.40. The number of aromatic nitrogens is 3. The summed E-state index contributed by atoms with van der Waals surface area (Å²) in [5.74, 6) is 1.71. The Morgan fingerprint density at radius 3 is 2.88 bits per heavy atom. The number of anilines is 2. The number of carbonyl (C=O) groups excluding carboxylic acids is 1. The zero-order valence-corrected chi connectivity index (χ0v) is 19.7. The molecule has 3 aliphatic heterocycles. The maximum absolute atomic E-state index is 12.8. The molecular weight excluding hydrogens is 450 g/mol. The summed E-state index contributed by atoms with van der Waals surface area (Å²) in [5, 5.41) is 1.69. The van der Waals surface area contributed by atoms with Gasteiger partial charge in [-0.25, -0.2) is 14.2 Å². The molecule has 2 saturated heterocycles. The molecule has 5 heterocycles. The fourth-order valence-electron chi connectivity index (χ4n) is 4.40. The van der Waals surface area contributed by atoms with E-state index in [1.807, 2.05) is 4.90 Å². The molecule has 0 spiro atoms. The molecule has 0 N–H and O–H groups in total. The van der Waals surface area contributed by atoms with E-state index >= 15 is 0 Å². The first kappa shape index (κ1) is 21.7. The number of hydrogen-bond acceptors (Lipinski definition) is 10. The van der Waals surface area contributed by atoms with Crippen LogP contribution in [-0.2, 0) is 26.7 Å². The first-order valence-electron chi connectivity index (χ1n) is 11.1. The third-order valence-electron chi connectivity index (χ3n) is 6.10. The molecular formula is C21H27N5O4S2. The summed E-state index contributed by atoms with van der Waals surface area (Å²) in [4.78, 5) is 27.0. The van der Waals surface area contributed by atoms with Crippen LogP contribution >= 0.6 is 11.5 Å². The van der Waals surface area contributed by atoms with Gasteiger partial charge in [0.2, 0.25) is 5.95 Å². The molecule has 9 nitrogen and oxygen atoms in total. The smallest absolute Gasteiger partial charge is 0.341 e. The van der Waals surface area contributed by atoms with Crippen LogP contribution in [0.3, 0.4) is 0 Å². The third kappa shape index (κ3) is 4.25. The second-order valence-electron chi connectivity index (χ2n) is 8.31. The van der Waals surface area contributed by atoms with Gasteiger partial charge in [-0.05, 0) is 30.8 Å². The largest absolute Gasteiger partial charge is 0.455 e. The fourth-order valence-corrected chi connectivity index (χ4v) is 6.27. The van der Waals surface area contributed by atoms with Gasteiger partial charge in [0.15, 0.2) is 5.82 Å². The quantitative estimate of drug-likeness (QED) is 0.555. The lowest BCUT2D eigenvalue weighted by molar-refractivity contribution is 0.0231. The molecule has 1 atom stereocenters. The Hall–Kier alpha value is -2.11. The van der Waals surface area contributed by atoms with Crippen LogP contribution in [0.4, 0.5) is 11.8 Å². The van der Waals surface area contributed by atoms with Crippen LogP contribution in [0.15, 0.2) is 16.5 Å². The molecule has 0 saturated carbocycles. The van der Waals surface area contributed by atoms with Crippen LogP contribution < -0.4 is 9.80 Å². The van der Waals surface area contributed by atoms with Gasteiger partial charge in [-0.2, -0.15) is 4.98 Å². The van der Waals surface area contributed by atoms with Crippen molar-refractivity contribution in [1.29, 1.82) is 0 Å². The van der Waals surface area contributed by atoms with E-state index in [1.165, 1.54) is 17.7 Å². The molecule has 0 bridgehead atoms. The average Bonchev–Trinajstić information content (AvgIpc) is 3.45. The van der Waals surface area contributed by atoms with Crippen LogP contribution in [-0.4, -0.2) is 75.3 Å². The highest BCUT2D eigenvalue weighted by Gasteiger charge is 2.36. The highest BCUT2D eigenvalue weighted by Crippen LogP contribution is 2.35. The molecule has 5 rings (SSSR count). The molecule has 0 amide bonds. The summed E-state index contributed by atoms with van der Waals surface area (Å²) < 4.78 is 27.9. The zero-order chi connectivity index (χ0) is 22.1. The SMILES string of the molecule is CCCN(c1nc(N2CC(OC(=O)c3cnsc3)C2)nc2c1S(=O)CC2)C1CCOCC1. The van der Waals surface area contributed by atoms with E-state index in [-0.39, 0.29) is 12.1 Å². The average molecular weight is 478 g/mol. The molecule has 1 unspecified atom stereocenters. The Kier molecular flexibility index (Phi) is 6.38. The van der Waals surface area contributed by atoms with Crippen molar-refractivity contribution in [3.05, 3.63) is 22.8 Å². The predicted octanol–water partition coefficient (Wildman–Crippen LogP) is 2.04. The summed E-state index contributed by atoms with van der Waals surface area (Å²) in [5.41, 5.74) is 1.37. The standard InChI is InChI=1S/C21H27N5O4S2/c1-2-6-26(15-3-7-29-8-4-15)19-18-17(5-9-32(18)28)23-21(24-19)25-11-16(12-25)30-20(27)14-10-22-31-13-14/h10,13,15-16H,2-9,11-12H2,1H3. The van der Waals surface area contributed by atoms with E-state index in [2.05, 4.69) is 16.2 Å². The molecule has 2 aromatic heterocycles. The van der Waals surface area contributed by atoms with Crippen molar-refractivity contribution in [3.63, 3.8) is 0 Å². The normalized spacial score (nSPS) is 21.3. The van der Waals surface area contributed by atoms with E-state index in [0.29, 0.717) is 42.8 Å². The Balaban J connectivity index is 1.36. The first-order valence-corrected chi connectivity index (χ1v) is 13.3. The number of rotatable bonds is 7. The van der Waals surface area contributed by atoms with Gasteiger partial charge < -0.3 is 19.3 Å². The predicted molar refractivity (Wildman–Crippen MR) is 122 cm³/mol. The highest BCUT2D eigenvalue weighted by molar-refractivity contribution is 7.85. The summed E-state index contributed by atoms with van der Waals surface area (Å²) in [7, 11) is -1.07. The number of ether oxygens (including phenoxy) is 2.